The molecule has 3 heterocycles. The quantitative estimate of drug-likeness (QED) is 0.465. The van der Waals surface area contributed by atoms with Crippen molar-refractivity contribution >= 4 is 34.4 Å². The van der Waals surface area contributed by atoms with E-state index in [1.807, 2.05) is 16.6 Å². The van der Waals surface area contributed by atoms with Gasteiger partial charge in [-0.25, -0.2) is 4.40 Å². The van der Waals surface area contributed by atoms with Crippen LogP contribution in [0.15, 0.2) is 59.8 Å². The number of nitrogens with zero attached hydrogens (tertiary/aromatic N) is 6. The molecule has 0 fully saturated rings. The summed E-state index contributed by atoms with van der Waals surface area (Å²) in [7, 11) is 0. The molecule has 5 rings (SSSR count). The van der Waals surface area contributed by atoms with Gasteiger partial charge in [0.05, 0.1) is 11.0 Å². The average Bonchev–Trinajstić information content (AvgIpc) is 3.29. The normalized spacial score (nSPS) is 11.9. The van der Waals surface area contributed by atoms with Crippen LogP contribution in [0, 0.1) is 0 Å². The molecular weight excluding hydrogens is 332 g/mol. The van der Waals surface area contributed by atoms with E-state index in [0.29, 0.717) is 0 Å². The van der Waals surface area contributed by atoms with Crippen LogP contribution in [0.25, 0.3) is 22.6 Å². The van der Waals surface area contributed by atoms with Crippen LogP contribution in [0.5, 0.6) is 0 Å². The van der Waals surface area contributed by atoms with Crippen molar-refractivity contribution in [2.45, 2.75) is 24.4 Å². The molecule has 7 heteroatoms. The van der Waals surface area contributed by atoms with E-state index in [4.69, 9.17) is 5.10 Å². The summed E-state index contributed by atoms with van der Waals surface area (Å²) in [6.45, 7) is 2.99. The number of hydrogen-bond acceptors (Lipinski definition) is 4. The Balaban J connectivity index is 1.64. The number of benzene rings is 2. The lowest BCUT2D eigenvalue weighted by atomic mass is 10.2. The van der Waals surface area contributed by atoms with Gasteiger partial charge < -0.3 is 4.57 Å². The highest BCUT2D eigenvalue weighted by Crippen LogP contribution is 2.26. The summed E-state index contributed by atoms with van der Waals surface area (Å²) < 4.78 is 6.13. The van der Waals surface area contributed by atoms with Gasteiger partial charge in [-0.05, 0) is 24.6 Å². The van der Waals surface area contributed by atoms with Crippen molar-refractivity contribution in [1.82, 2.24) is 28.8 Å². The first-order valence-electron chi connectivity index (χ1n) is 8.24. The maximum absolute atomic E-state index is 4.79. The van der Waals surface area contributed by atoms with Gasteiger partial charge in [0.1, 0.15) is 0 Å². The molecule has 5 aromatic rings. The minimum absolute atomic E-state index is 0.758. The molecule has 0 unspecified atom stereocenters. The third-order valence-corrected chi connectivity index (χ3v) is 5.36. The Kier molecular flexibility index (Phi) is 3.27. The molecule has 25 heavy (non-hydrogen) atoms. The number of para-hydroxylation sites is 2. The van der Waals surface area contributed by atoms with Crippen LogP contribution < -0.4 is 0 Å². The first kappa shape index (κ1) is 14.5. The third kappa shape index (κ3) is 2.16. The number of thioether (sulfide) groups is 1. The molecule has 0 saturated heterocycles. The molecule has 0 atom stereocenters. The van der Waals surface area contributed by atoms with Gasteiger partial charge in [-0.15, -0.1) is 15.3 Å². The first-order chi connectivity index (χ1) is 12.4. The topological polar surface area (TPSA) is 52.4 Å². The Labute approximate surface area is 148 Å². The van der Waals surface area contributed by atoms with Crippen LogP contribution in [-0.4, -0.2) is 28.8 Å². The van der Waals surface area contributed by atoms with Crippen molar-refractivity contribution in [3.8, 4) is 0 Å². The van der Waals surface area contributed by atoms with Crippen LogP contribution in [0.2, 0.25) is 0 Å². The molecule has 0 amide bonds. The Morgan fingerprint density at radius 2 is 1.64 bits per heavy atom. The van der Waals surface area contributed by atoms with Crippen molar-refractivity contribution in [1.29, 1.82) is 0 Å². The zero-order valence-corrected chi connectivity index (χ0v) is 14.5. The lowest BCUT2D eigenvalue weighted by Crippen LogP contribution is -1.96. The third-order valence-electron chi connectivity index (χ3n) is 4.37. The van der Waals surface area contributed by atoms with Crippen LogP contribution in [0.1, 0.15) is 12.5 Å². The Morgan fingerprint density at radius 1 is 0.880 bits per heavy atom. The molecule has 0 saturated carbocycles. The number of fused-ring (bicyclic) bond motifs is 5. The van der Waals surface area contributed by atoms with Gasteiger partial charge in [0.15, 0.2) is 0 Å². The maximum atomic E-state index is 4.79. The van der Waals surface area contributed by atoms with E-state index in [2.05, 4.69) is 68.6 Å². The zero-order valence-electron chi connectivity index (χ0n) is 13.7. The Hall–Kier alpha value is -2.80. The molecule has 124 valence electrons. The van der Waals surface area contributed by atoms with Crippen molar-refractivity contribution in [2.75, 3.05) is 0 Å². The Morgan fingerprint density at radius 3 is 2.44 bits per heavy atom. The fraction of sp³-hybridized carbons (Fsp3) is 0.167. The van der Waals surface area contributed by atoms with Gasteiger partial charge in [0.25, 0.3) is 5.78 Å². The number of imidazole rings is 1. The summed E-state index contributed by atoms with van der Waals surface area (Å²) in [6.07, 6.45) is 0. The second kappa shape index (κ2) is 5.63. The standard InChI is InChI=1S/C18H16N6S/c1-2-22-14-10-6-7-11-15(14)23-16-19-20-18(24(16)21-17(22)23)25-12-13-8-4-3-5-9-13/h3-11H,2,12H2,1H3. The molecule has 0 N–H and O–H groups in total. The van der Waals surface area contributed by atoms with E-state index in [1.165, 1.54) is 5.56 Å². The zero-order chi connectivity index (χ0) is 16.8. The minimum atomic E-state index is 0.758. The maximum Gasteiger partial charge on any atom is 0.260 e. The van der Waals surface area contributed by atoms with Gasteiger partial charge in [0.2, 0.25) is 10.9 Å². The highest BCUT2D eigenvalue weighted by atomic mass is 32.2. The van der Waals surface area contributed by atoms with Crippen LogP contribution in [-0.2, 0) is 12.3 Å². The lowest BCUT2D eigenvalue weighted by molar-refractivity contribution is 0.773. The first-order valence-corrected chi connectivity index (χ1v) is 9.23. The SMILES string of the molecule is CCn1c2ccccc2n2c1nn1c(SCc3ccccc3)nnc12. The van der Waals surface area contributed by atoms with Gasteiger partial charge in [-0.1, -0.05) is 54.2 Å². The smallest absolute Gasteiger partial charge is 0.260 e. The Bertz CT molecular complexity index is 1180. The van der Waals surface area contributed by atoms with E-state index in [-0.39, 0.29) is 0 Å². The molecule has 0 aliphatic rings. The second-order valence-electron chi connectivity index (χ2n) is 5.84. The molecule has 0 radical (unpaired) electrons. The summed E-state index contributed by atoms with van der Waals surface area (Å²) in [6, 6.07) is 18.7. The summed E-state index contributed by atoms with van der Waals surface area (Å²) >= 11 is 1.65. The highest BCUT2D eigenvalue weighted by Gasteiger charge is 2.19. The molecule has 6 nitrogen and oxygen atoms in total. The predicted molar refractivity (Wildman–Crippen MR) is 98.9 cm³/mol. The van der Waals surface area contributed by atoms with Gasteiger partial charge >= 0.3 is 0 Å². The summed E-state index contributed by atoms with van der Waals surface area (Å²) in [5, 5.41) is 14.3. The molecule has 0 aliphatic carbocycles. The fourth-order valence-corrected chi connectivity index (χ4v) is 4.04. The molecule has 0 spiro atoms. The summed E-state index contributed by atoms with van der Waals surface area (Å²) in [4.78, 5) is 0. The van der Waals surface area contributed by atoms with E-state index >= 15 is 0 Å². The fourth-order valence-electron chi connectivity index (χ4n) is 3.21. The predicted octanol–water partition coefficient (Wildman–Crippen LogP) is 3.64. The summed E-state index contributed by atoms with van der Waals surface area (Å²) in [5.74, 6) is 2.50. The van der Waals surface area contributed by atoms with Crippen molar-refractivity contribution in [3.05, 3.63) is 60.2 Å². The number of aryl methyl sites for hydroxylation is 1. The average molecular weight is 348 g/mol. The van der Waals surface area contributed by atoms with Gasteiger partial charge in [-0.2, -0.15) is 4.52 Å². The van der Waals surface area contributed by atoms with Gasteiger partial charge in [0, 0.05) is 12.3 Å². The highest BCUT2D eigenvalue weighted by molar-refractivity contribution is 7.98. The largest absolute Gasteiger partial charge is 0.309 e. The van der Waals surface area contributed by atoms with Crippen LogP contribution >= 0.6 is 11.8 Å². The molecule has 0 aliphatic heterocycles. The van der Waals surface area contributed by atoms with E-state index in [0.717, 1.165) is 40.0 Å². The van der Waals surface area contributed by atoms with E-state index < -0.39 is 0 Å². The molecular formula is C18H16N6S. The monoisotopic (exact) mass is 348 g/mol. The van der Waals surface area contributed by atoms with Crippen molar-refractivity contribution < 1.29 is 0 Å². The molecule has 3 aromatic heterocycles. The van der Waals surface area contributed by atoms with Crippen molar-refractivity contribution in [2.24, 2.45) is 0 Å². The number of aromatic nitrogens is 6. The molecule has 2 aromatic carbocycles. The number of hydrogen-bond donors (Lipinski definition) is 0. The number of rotatable bonds is 4. The van der Waals surface area contributed by atoms with Crippen LogP contribution in [0.3, 0.4) is 0 Å². The summed E-state index contributed by atoms with van der Waals surface area (Å²) in [5.41, 5.74) is 3.53. The van der Waals surface area contributed by atoms with Crippen molar-refractivity contribution in [3.63, 3.8) is 0 Å². The lowest BCUT2D eigenvalue weighted by Gasteiger charge is -1.99. The van der Waals surface area contributed by atoms with E-state index in [1.54, 1.807) is 11.8 Å². The molecule has 0 bridgehead atoms. The second-order valence-corrected chi connectivity index (χ2v) is 6.78. The van der Waals surface area contributed by atoms with Crippen LogP contribution in [0.4, 0.5) is 0 Å². The van der Waals surface area contributed by atoms with E-state index in [9.17, 15) is 0 Å². The minimum Gasteiger partial charge on any atom is -0.309 e. The van der Waals surface area contributed by atoms with Gasteiger partial charge in [-0.3, -0.25) is 0 Å².